The third-order valence-electron chi connectivity index (χ3n) is 1.43. The molecule has 0 fully saturated rings. The van der Waals surface area contributed by atoms with Crippen LogP contribution in [-0.2, 0) is 10.0 Å². The van der Waals surface area contributed by atoms with Crippen molar-refractivity contribution in [2.75, 3.05) is 0 Å². The van der Waals surface area contributed by atoms with E-state index in [1.54, 1.807) is 6.92 Å². The van der Waals surface area contributed by atoms with Gasteiger partial charge in [0.15, 0.2) is 0 Å². The van der Waals surface area contributed by atoms with Gasteiger partial charge in [0.25, 0.3) is 10.0 Å². The summed E-state index contributed by atoms with van der Waals surface area (Å²) in [4.78, 5) is 0. The van der Waals surface area contributed by atoms with E-state index in [4.69, 9.17) is 16.0 Å². The zero-order chi connectivity index (χ0) is 11.5. The van der Waals surface area contributed by atoms with E-state index < -0.39 is 10.0 Å². The van der Waals surface area contributed by atoms with Gasteiger partial charge in [-0.05, 0) is 25.1 Å². The third kappa shape index (κ3) is 3.45. The molecule has 1 rings (SSSR count). The Labute approximate surface area is 93.3 Å². The Morgan fingerprint density at radius 3 is 2.80 bits per heavy atom. The maximum absolute atomic E-state index is 11.6. The number of furan rings is 1. The van der Waals surface area contributed by atoms with Gasteiger partial charge >= 0.3 is 0 Å². The largest absolute Gasteiger partial charge is 0.451 e. The molecule has 1 heterocycles. The summed E-state index contributed by atoms with van der Waals surface area (Å²) in [6, 6.07) is 2.85. The van der Waals surface area contributed by atoms with Gasteiger partial charge in [0.1, 0.15) is 0 Å². The maximum atomic E-state index is 11.6. The first kappa shape index (κ1) is 11.9. The van der Waals surface area contributed by atoms with Crippen molar-refractivity contribution in [1.29, 1.82) is 0 Å². The highest BCUT2D eigenvalue weighted by Gasteiger charge is 2.16. The Morgan fingerprint density at radius 1 is 1.67 bits per heavy atom. The van der Waals surface area contributed by atoms with Gasteiger partial charge < -0.3 is 4.42 Å². The Balaban J connectivity index is 2.88. The summed E-state index contributed by atoms with van der Waals surface area (Å²) < 4.78 is 30.2. The molecule has 0 unspecified atom stereocenters. The lowest BCUT2D eigenvalue weighted by Crippen LogP contribution is -2.21. The molecule has 6 heteroatoms. The van der Waals surface area contributed by atoms with Crippen LogP contribution < -0.4 is 4.72 Å². The molecule has 0 aliphatic carbocycles. The van der Waals surface area contributed by atoms with Crippen molar-refractivity contribution in [3.63, 3.8) is 0 Å². The SMILES string of the molecule is C=C(Cl)/C=C(\C)NS(=O)(=O)c1ccco1. The second-order valence-corrected chi connectivity index (χ2v) is 4.91. The minimum atomic E-state index is -3.65. The lowest BCUT2D eigenvalue weighted by molar-refractivity contribution is 0.447. The average molecular weight is 248 g/mol. The fraction of sp³-hybridized carbons (Fsp3) is 0.111. The maximum Gasteiger partial charge on any atom is 0.295 e. The molecule has 1 N–H and O–H groups in total. The van der Waals surface area contributed by atoms with Crippen LogP contribution in [0.5, 0.6) is 0 Å². The van der Waals surface area contributed by atoms with Gasteiger partial charge in [-0.25, -0.2) is 0 Å². The molecule has 4 nitrogen and oxygen atoms in total. The molecule has 1 aromatic rings. The number of hydrogen-bond donors (Lipinski definition) is 1. The fourth-order valence-corrected chi connectivity index (χ4v) is 2.13. The quantitative estimate of drug-likeness (QED) is 0.830. The van der Waals surface area contributed by atoms with Gasteiger partial charge in [-0.1, -0.05) is 18.2 Å². The summed E-state index contributed by atoms with van der Waals surface area (Å²) in [6.45, 7) is 4.98. The van der Waals surface area contributed by atoms with Crippen LogP contribution in [0, 0.1) is 0 Å². The predicted octanol–water partition coefficient (Wildman–Crippen LogP) is 2.21. The van der Waals surface area contributed by atoms with E-state index in [-0.39, 0.29) is 10.1 Å². The van der Waals surface area contributed by atoms with Crippen LogP contribution in [0.1, 0.15) is 6.92 Å². The predicted molar refractivity (Wildman–Crippen MR) is 57.8 cm³/mol. The molecule has 0 atom stereocenters. The fourth-order valence-electron chi connectivity index (χ4n) is 0.943. The summed E-state index contributed by atoms with van der Waals surface area (Å²) in [6.07, 6.45) is 2.69. The van der Waals surface area contributed by atoms with Crippen LogP contribution in [-0.4, -0.2) is 8.42 Å². The highest BCUT2D eigenvalue weighted by Crippen LogP contribution is 2.11. The molecule has 0 saturated heterocycles. The molecule has 0 bridgehead atoms. The second kappa shape index (κ2) is 4.55. The molecular formula is C9H10ClNO3S. The van der Waals surface area contributed by atoms with E-state index in [1.165, 1.54) is 24.5 Å². The molecule has 0 aliphatic rings. The van der Waals surface area contributed by atoms with Crippen LogP contribution in [0.25, 0.3) is 0 Å². The van der Waals surface area contributed by atoms with Crippen LogP contribution in [0.3, 0.4) is 0 Å². The van der Waals surface area contributed by atoms with E-state index in [1.807, 2.05) is 0 Å². The molecule has 0 aromatic carbocycles. The first-order valence-corrected chi connectivity index (χ1v) is 5.87. The molecule has 0 saturated carbocycles. The number of sulfonamides is 1. The lowest BCUT2D eigenvalue weighted by atomic mass is 10.4. The summed E-state index contributed by atoms with van der Waals surface area (Å²) in [7, 11) is -3.65. The Hall–Kier alpha value is -1.20. The monoisotopic (exact) mass is 247 g/mol. The third-order valence-corrected chi connectivity index (χ3v) is 2.89. The molecule has 15 heavy (non-hydrogen) atoms. The molecule has 82 valence electrons. The van der Waals surface area contributed by atoms with Crippen LogP contribution in [0.2, 0.25) is 0 Å². The van der Waals surface area contributed by atoms with E-state index in [0.29, 0.717) is 5.70 Å². The van der Waals surface area contributed by atoms with Gasteiger partial charge in [-0.2, -0.15) is 8.42 Å². The summed E-state index contributed by atoms with van der Waals surface area (Å²) >= 11 is 5.50. The minimum Gasteiger partial charge on any atom is -0.451 e. The van der Waals surface area contributed by atoms with Gasteiger partial charge in [-0.3, -0.25) is 4.72 Å². The van der Waals surface area contributed by atoms with Crippen LogP contribution in [0.15, 0.2) is 51.3 Å². The lowest BCUT2D eigenvalue weighted by Gasteiger charge is -2.04. The van der Waals surface area contributed by atoms with E-state index >= 15 is 0 Å². The topological polar surface area (TPSA) is 59.3 Å². The average Bonchev–Trinajstić information content (AvgIpc) is 2.51. The van der Waals surface area contributed by atoms with Crippen molar-refractivity contribution in [2.45, 2.75) is 12.0 Å². The summed E-state index contributed by atoms with van der Waals surface area (Å²) in [5.41, 5.74) is 0.367. The van der Waals surface area contributed by atoms with Crippen molar-refractivity contribution in [2.24, 2.45) is 0 Å². The second-order valence-electron chi connectivity index (χ2n) is 2.81. The standard InChI is InChI=1S/C9H10ClNO3S/c1-7(10)6-8(2)11-15(12,13)9-4-3-5-14-9/h3-6,11H,1H2,2H3/b8-6+. The Morgan fingerprint density at radius 2 is 2.33 bits per heavy atom. The normalized spacial score (nSPS) is 12.5. The van der Waals surface area contributed by atoms with Crippen molar-refractivity contribution in [1.82, 2.24) is 4.72 Å². The van der Waals surface area contributed by atoms with Crippen LogP contribution in [0.4, 0.5) is 0 Å². The highest BCUT2D eigenvalue weighted by molar-refractivity contribution is 7.89. The van der Waals surface area contributed by atoms with E-state index in [0.717, 1.165) is 0 Å². The molecule has 0 spiro atoms. The van der Waals surface area contributed by atoms with Crippen molar-refractivity contribution < 1.29 is 12.8 Å². The van der Waals surface area contributed by atoms with Crippen LogP contribution >= 0.6 is 11.6 Å². The van der Waals surface area contributed by atoms with Gasteiger partial charge in [0, 0.05) is 10.7 Å². The first-order valence-electron chi connectivity index (χ1n) is 4.01. The Bertz CT molecular complexity index is 473. The summed E-state index contributed by atoms with van der Waals surface area (Å²) in [5.74, 6) is 0. The highest BCUT2D eigenvalue weighted by atomic mass is 35.5. The zero-order valence-corrected chi connectivity index (χ0v) is 9.60. The van der Waals surface area contributed by atoms with E-state index in [9.17, 15) is 8.42 Å². The number of nitrogens with one attached hydrogen (secondary N) is 1. The van der Waals surface area contributed by atoms with Crippen molar-refractivity contribution in [3.8, 4) is 0 Å². The smallest absolute Gasteiger partial charge is 0.295 e. The summed E-state index contributed by atoms with van der Waals surface area (Å²) in [5, 5.41) is 0.102. The molecule has 1 aromatic heterocycles. The Kier molecular flexibility index (Phi) is 3.60. The number of allylic oxidation sites excluding steroid dienone is 3. The van der Waals surface area contributed by atoms with Crippen molar-refractivity contribution in [3.05, 3.63) is 41.8 Å². The van der Waals surface area contributed by atoms with E-state index in [2.05, 4.69) is 11.3 Å². The number of halogens is 1. The number of rotatable bonds is 4. The molecule has 0 radical (unpaired) electrons. The molecular weight excluding hydrogens is 238 g/mol. The van der Waals surface area contributed by atoms with Crippen molar-refractivity contribution >= 4 is 21.6 Å². The zero-order valence-electron chi connectivity index (χ0n) is 8.03. The number of hydrogen-bond acceptors (Lipinski definition) is 3. The van der Waals surface area contributed by atoms with Gasteiger partial charge in [0.2, 0.25) is 5.09 Å². The van der Waals surface area contributed by atoms with Gasteiger partial charge in [0.05, 0.1) is 6.26 Å². The minimum absolute atomic E-state index is 0.143. The molecule has 0 aliphatic heterocycles. The molecule has 0 amide bonds. The first-order chi connectivity index (χ1) is 6.92. The van der Waals surface area contributed by atoms with Gasteiger partial charge in [-0.15, -0.1) is 0 Å².